The largest absolute Gasteiger partial charge is 0.436 e. The van der Waals surface area contributed by atoms with Crippen LogP contribution in [0, 0.1) is 0 Å². The number of aryl methyl sites for hydroxylation is 1. The van der Waals surface area contributed by atoms with Gasteiger partial charge < -0.3 is 10.1 Å². The van der Waals surface area contributed by atoms with Crippen LogP contribution in [-0.4, -0.2) is 65.5 Å². The van der Waals surface area contributed by atoms with Gasteiger partial charge in [0.15, 0.2) is 12.1 Å². The third-order valence-electron chi connectivity index (χ3n) is 7.35. The Morgan fingerprint density at radius 1 is 1.02 bits per heavy atom. The molecular weight excluding hydrogens is 622 g/mol. The number of rotatable bonds is 15. The number of hydrogen-bond donors (Lipinski definition) is 2. The van der Waals surface area contributed by atoms with Crippen molar-refractivity contribution in [3.05, 3.63) is 65.3 Å². The van der Waals surface area contributed by atoms with Gasteiger partial charge in [-0.1, -0.05) is 81.0 Å². The molecule has 0 bridgehead atoms. The van der Waals surface area contributed by atoms with Gasteiger partial charge in [-0.2, -0.15) is 5.10 Å². The standard InChI is InChI=1S/C31H36ClN5O7S/c1-4-5-6-7-8-12-17-33-45(42,43)22-15-16-24(23(32)18-22)34-29(39)27(37-30(40)20(2)44-31(37)41)28(38)25-19-26(36(3)35-25)21-13-10-9-11-14-21/h9-11,13-16,18-20,27,33H,4-8,12,17H2,1-3H3,(H,34,39). The summed E-state index contributed by atoms with van der Waals surface area (Å²) in [5, 5.41) is 6.56. The van der Waals surface area contributed by atoms with E-state index in [2.05, 4.69) is 22.1 Å². The number of cyclic esters (lactones) is 1. The Kier molecular flexibility index (Phi) is 11.1. The van der Waals surface area contributed by atoms with Gasteiger partial charge in [0.1, 0.15) is 5.69 Å². The van der Waals surface area contributed by atoms with Crippen molar-refractivity contribution in [1.82, 2.24) is 19.4 Å². The predicted octanol–water partition coefficient (Wildman–Crippen LogP) is 4.94. The molecule has 45 heavy (non-hydrogen) atoms. The fraction of sp³-hybridized carbons (Fsp3) is 0.387. The number of ketones is 1. The second-order valence-corrected chi connectivity index (χ2v) is 12.9. The van der Waals surface area contributed by atoms with Crippen LogP contribution >= 0.6 is 11.6 Å². The maximum atomic E-state index is 13.8. The van der Waals surface area contributed by atoms with E-state index in [1.165, 1.54) is 35.9 Å². The van der Waals surface area contributed by atoms with E-state index in [9.17, 15) is 27.6 Å². The van der Waals surface area contributed by atoms with Crippen LogP contribution in [0.5, 0.6) is 0 Å². The zero-order valence-electron chi connectivity index (χ0n) is 25.3. The second kappa shape index (κ2) is 14.8. The van der Waals surface area contributed by atoms with Gasteiger partial charge >= 0.3 is 6.09 Å². The highest BCUT2D eigenvalue weighted by atomic mass is 35.5. The molecule has 3 amide bonds. The van der Waals surface area contributed by atoms with Crippen molar-refractivity contribution in [1.29, 1.82) is 0 Å². The zero-order chi connectivity index (χ0) is 32.7. The molecule has 4 rings (SSSR count). The van der Waals surface area contributed by atoms with Crippen molar-refractivity contribution in [2.24, 2.45) is 7.05 Å². The Hall–Kier alpha value is -4.07. The predicted molar refractivity (Wildman–Crippen MR) is 168 cm³/mol. The number of nitrogens with one attached hydrogen (secondary N) is 2. The highest BCUT2D eigenvalue weighted by molar-refractivity contribution is 7.89. The topological polar surface area (TPSA) is 157 Å². The average Bonchev–Trinajstić information content (AvgIpc) is 3.52. The number of benzene rings is 2. The molecule has 0 aliphatic carbocycles. The quantitative estimate of drug-likeness (QED) is 0.132. The summed E-state index contributed by atoms with van der Waals surface area (Å²) in [7, 11) is -2.26. The van der Waals surface area contributed by atoms with Crippen LogP contribution in [0.15, 0.2) is 59.5 Å². The van der Waals surface area contributed by atoms with E-state index in [1.807, 2.05) is 30.3 Å². The van der Waals surface area contributed by atoms with Crippen molar-refractivity contribution >= 4 is 51.0 Å². The minimum Gasteiger partial charge on any atom is -0.436 e. The fourth-order valence-electron chi connectivity index (χ4n) is 4.90. The summed E-state index contributed by atoms with van der Waals surface area (Å²) in [6.45, 7) is 3.72. The fourth-order valence-corrected chi connectivity index (χ4v) is 6.29. The van der Waals surface area contributed by atoms with Crippen LogP contribution in [0.25, 0.3) is 11.3 Å². The lowest BCUT2D eigenvalue weighted by molar-refractivity contribution is -0.133. The lowest BCUT2D eigenvalue weighted by Gasteiger charge is -2.22. The molecule has 0 radical (unpaired) electrons. The molecular formula is C31H36ClN5O7S. The molecule has 3 aromatic rings. The van der Waals surface area contributed by atoms with Crippen LogP contribution < -0.4 is 10.0 Å². The molecule has 0 saturated carbocycles. The zero-order valence-corrected chi connectivity index (χ0v) is 26.9. The Balaban J connectivity index is 1.54. The molecule has 0 spiro atoms. The van der Waals surface area contributed by atoms with E-state index in [0.717, 1.165) is 37.7 Å². The lowest BCUT2D eigenvalue weighted by Crippen LogP contribution is -2.52. The first kappa shape index (κ1) is 33.8. The molecule has 12 nitrogen and oxygen atoms in total. The van der Waals surface area contributed by atoms with Gasteiger partial charge in [0.25, 0.3) is 11.8 Å². The molecule has 1 aromatic heterocycles. The number of nitrogens with zero attached hydrogens (tertiary/aromatic N) is 3. The number of sulfonamides is 1. The minimum atomic E-state index is -3.88. The summed E-state index contributed by atoms with van der Waals surface area (Å²) in [6, 6.07) is 12.2. The van der Waals surface area contributed by atoms with E-state index >= 15 is 0 Å². The van der Waals surface area contributed by atoms with Gasteiger partial charge in [0.2, 0.25) is 15.8 Å². The van der Waals surface area contributed by atoms with E-state index < -0.39 is 45.9 Å². The molecule has 1 fully saturated rings. The molecule has 1 saturated heterocycles. The van der Waals surface area contributed by atoms with Gasteiger partial charge in [-0.05, 0) is 43.2 Å². The maximum absolute atomic E-state index is 13.8. The number of unbranched alkanes of at least 4 members (excludes halogenated alkanes) is 5. The van der Waals surface area contributed by atoms with E-state index in [-0.39, 0.29) is 27.8 Å². The Bertz CT molecular complexity index is 1680. The second-order valence-electron chi connectivity index (χ2n) is 10.7. The van der Waals surface area contributed by atoms with E-state index in [1.54, 1.807) is 7.05 Å². The number of aromatic nitrogens is 2. The monoisotopic (exact) mass is 657 g/mol. The first-order valence-corrected chi connectivity index (χ1v) is 16.6. The van der Waals surface area contributed by atoms with Crippen molar-refractivity contribution in [2.75, 3.05) is 11.9 Å². The van der Waals surface area contributed by atoms with Gasteiger partial charge in [-0.25, -0.2) is 22.8 Å². The molecule has 1 aliphatic heterocycles. The summed E-state index contributed by atoms with van der Waals surface area (Å²) < 4.78 is 34.6. The van der Waals surface area contributed by atoms with Crippen LogP contribution in [0.4, 0.5) is 10.5 Å². The molecule has 2 aromatic carbocycles. The number of carbonyl (C=O) groups is 4. The molecule has 2 N–H and O–H groups in total. The number of halogens is 1. The van der Waals surface area contributed by atoms with Crippen molar-refractivity contribution in [3.63, 3.8) is 0 Å². The number of carbonyl (C=O) groups excluding carboxylic acids is 4. The number of ether oxygens (including phenoxy) is 1. The Morgan fingerprint density at radius 2 is 1.71 bits per heavy atom. The Morgan fingerprint density at radius 3 is 2.36 bits per heavy atom. The third kappa shape index (κ3) is 7.96. The Labute approximate surface area is 267 Å². The minimum absolute atomic E-state index is 0.0339. The number of Topliss-reactive ketones (excluding diaryl/α,β-unsaturated/α-hetero) is 1. The van der Waals surface area contributed by atoms with Gasteiger partial charge in [-0.15, -0.1) is 0 Å². The summed E-state index contributed by atoms with van der Waals surface area (Å²) in [5.41, 5.74) is 1.11. The highest BCUT2D eigenvalue weighted by Gasteiger charge is 2.49. The summed E-state index contributed by atoms with van der Waals surface area (Å²) in [4.78, 5) is 53.2. The summed E-state index contributed by atoms with van der Waals surface area (Å²) in [6.07, 6.45) is 3.66. The highest BCUT2D eigenvalue weighted by Crippen LogP contribution is 2.28. The van der Waals surface area contributed by atoms with E-state index in [0.29, 0.717) is 17.0 Å². The number of amides is 3. The van der Waals surface area contributed by atoms with Crippen LogP contribution in [0.3, 0.4) is 0 Å². The van der Waals surface area contributed by atoms with Crippen molar-refractivity contribution in [2.45, 2.75) is 69.4 Å². The normalized spacial score (nSPS) is 15.6. The lowest BCUT2D eigenvalue weighted by atomic mass is 10.0. The number of anilines is 1. The first-order chi connectivity index (χ1) is 21.4. The third-order valence-corrected chi connectivity index (χ3v) is 9.12. The molecule has 2 atom stereocenters. The maximum Gasteiger partial charge on any atom is 0.418 e. The number of hydrogen-bond acceptors (Lipinski definition) is 8. The molecule has 2 heterocycles. The SMILES string of the molecule is CCCCCCCCNS(=O)(=O)c1ccc(NC(=O)C(C(=O)c2cc(-c3ccccc3)n(C)n2)N2C(=O)OC(C)C2=O)c(Cl)c1. The first-order valence-electron chi connectivity index (χ1n) is 14.7. The number of imide groups is 1. The van der Waals surface area contributed by atoms with Crippen LogP contribution in [0.2, 0.25) is 5.02 Å². The molecule has 14 heteroatoms. The summed E-state index contributed by atoms with van der Waals surface area (Å²) in [5.74, 6) is -2.87. The molecule has 240 valence electrons. The summed E-state index contributed by atoms with van der Waals surface area (Å²) >= 11 is 6.37. The van der Waals surface area contributed by atoms with Gasteiger partial charge in [0, 0.05) is 13.6 Å². The molecule has 1 aliphatic rings. The van der Waals surface area contributed by atoms with Crippen molar-refractivity contribution < 1.29 is 32.3 Å². The van der Waals surface area contributed by atoms with Crippen molar-refractivity contribution in [3.8, 4) is 11.3 Å². The van der Waals surface area contributed by atoms with Crippen LogP contribution in [-0.2, 0) is 31.4 Å². The van der Waals surface area contributed by atoms with Gasteiger partial charge in [-0.3, -0.25) is 19.1 Å². The molecule has 2 unspecified atom stereocenters. The van der Waals surface area contributed by atoms with E-state index in [4.69, 9.17) is 16.3 Å². The average molecular weight is 658 g/mol. The van der Waals surface area contributed by atoms with Gasteiger partial charge in [0.05, 0.1) is 21.3 Å². The van der Waals surface area contributed by atoms with Crippen LogP contribution in [0.1, 0.15) is 62.9 Å². The smallest absolute Gasteiger partial charge is 0.418 e.